The van der Waals surface area contributed by atoms with E-state index in [2.05, 4.69) is 10.3 Å². The average Bonchev–Trinajstić information content (AvgIpc) is 2.61. The molecule has 2 aromatic carbocycles. The van der Waals surface area contributed by atoms with Gasteiger partial charge in [-0.3, -0.25) is 9.59 Å². The van der Waals surface area contributed by atoms with Crippen LogP contribution in [-0.4, -0.2) is 21.0 Å². The maximum absolute atomic E-state index is 12.2. The molecule has 1 heterocycles. The van der Waals surface area contributed by atoms with Crippen LogP contribution in [0.2, 0.25) is 5.02 Å². The lowest BCUT2D eigenvalue weighted by Gasteiger charge is -2.06. The molecule has 0 aliphatic rings. The SMILES string of the molecule is O=C(CCn1nnc2ccccc2c1=O)OCc1ccc(Cl)cc1. The number of halogens is 1. The van der Waals surface area contributed by atoms with E-state index in [-0.39, 0.29) is 25.1 Å². The Hall–Kier alpha value is -2.73. The molecule has 0 saturated carbocycles. The second kappa shape index (κ2) is 7.23. The first-order chi connectivity index (χ1) is 11.6. The van der Waals surface area contributed by atoms with Gasteiger partial charge in [-0.15, -0.1) is 5.10 Å². The van der Waals surface area contributed by atoms with E-state index in [1.54, 1.807) is 48.5 Å². The quantitative estimate of drug-likeness (QED) is 0.666. The fourth-order valence-electron chi connectivity index (χ4n) is 2.18. The highest BCUT2D eigenvalue weighted by atomic mass is 35.5. The molecular formula is C17H14ClN3O3. The van der Waals surface area contributed by atoms with Crippen molar-refractivity contribution in [2.24, 2.45) is 0 Å². The number of nitrogens with zero attached hydrogens (tertiary/aromatic N) is 3. The van der Waals surface area contributed by atoms with E-state index >= 15 is 0 Å². The van der Waals surface area contributed by atoms with Crippen LogP contribution in [0.15, 0.2) is 53.3 Å². The third-order valence-corrected chi connectivity index (χ3v) is 3.72. The summed E-state index contributed by atoms with van der Waals surface area (Å²) < 4.78 is 6.34. The highest BCUT2D eigenvalue weighted by Crippen LogP contribution is 2.10. The predicted molar refractivity (Wildman–Crippen MR) is 89.7 cm³/mol. The van der Waals surface area contributed by atoms with Crippen LogP contribution in [0.4, 0.5) is 0 Å². The number of rotatable bonds is 5. The minimum absolute atomic E-state index is 0.0422. The fourth-order valence-corrected chi connectivity index (χ4v) is 2.31. The van der Waals surface area contributed by atoms with E-state index in [1.807, 2.05) is 0 Å². The van der Waals surface area contributed by atoms with E-state index < -0.39 is 5.97 Å². The van der Waals surface area contributed by atoms with Crippen molar-refractivity contribution < 1.29 is 9.53 Å². The minimum Gasteiger partial charge on any atom is -0.461 e. The summed E-state index contributed by atoms with van der Waals surface area (Å²) in [7, 11) is 0. The molecule has 0 radical (unpaired) electrons. The molecule has 24 heavy (non-hydrogen) atoms. The number of fused-ring (bicyclic) bond motifs is 1. The molecule has 0 spiro atoms. The normalized spacial score (nSPS) is 10.7. The maximum atomic E-state index is 12.2. The van der Waals surface area contributed by atoms with Gasteiger partial charge in [0.1, 0.15) is 12.1 Å². The van der Waals surface area contributed by atoms with Gasteiger partial charge in [0.25, 0.3) is 5.56 Å². The standard InChI is InChI=1S/C17H14ClN3O3/c18-13-7-5-12(6-8-13)11-24-16(22)9-10-21-17(23)14-3-1-2-4-15(14)19-20-21/h1-8H,9-11H2. The fraction of sp³-hybridized carbons (Fsp3) is 0.176. The Labute approximate surface area is 142 Å². The molecule has 0 unspecified atom stereocenters. The summed E-state index contributed by atoms with van der Waals surface area (Å²) in [6.45, 7) is 0.282. The molecule has 1 aromatic heterocycles. The average molecular weight is 344 g/mol. The van der Waals surface area contributed by atoms with Gasteiger partial charge in [0.2, 0.25) is 0 Å². The lowest BCUT2D eigenvalue weighted by molar-refractivity contribution is -0.145. The number of esters is 1. The van der Waals surface area contributed by atoms with Crippen LogP contribution in [-0.2, 0) is 22.7 Å². The lowest BCUT2D eigenvalue weighted by atomic mass is 10.2. The van der Waals surface area contributed by atoms with Crippen molar-refractivity contribution in [3.8, 4) is 0 Å². The van der Waals surface area contributed by atoms with Crippen molar-refractivity contribution in [3.63, 3.8) is 0 Å². The van der Waals surface area contributed by atoms with E-state index in [0.29, 0.717) is 15.9 Å². The molecule has 0 fully saturated rings. The summed E-state index contributed by atoms with van der Waals surface area (Å²) in [6, 6.07) is 14.0. The molecule has 122 valence electrons. The number of hydrogen-bond donors (Lipinski definition) is 0. The second-order valence-corrected chi connectivity index (χ2v) is 5.61. The second-order valence-electron chi connectivity index (χ2n) is 5.17. The van der Waals surface area contributed by atoms with Crippen molar-refractivity contribution in [2.45, 2.75) is 19.6 Å². The third kappa shape index (κ3) is 3.78. The summed E-state index contributed by atoms with van der Waals surface area (Å²) in [5.41, 5.74) is 1.10. The molecule has 0 aliphatic carbocycles. The van der Waals surface area contributed by atoms with Crippen LogP contribution in [0.3, 0.4) is 0 Å². The van der Waals surface area contributed by atoms with Gasteiger partial charge in [-0.1, -0.05) is 41.1 Å². The van der Waals surface area contributed by atoms with E-state index in [1.165, 1.54) is 4.68 Å². The summed E-state index contributed by atoms with van der Waals surface area (Å²) >= 11 is 5.80. The number of aryl methyl sites for hydroxylation is 1. The number of aromatic nitrogens is 3. The molecule has 0 amide bonds. The molecule has 0 aliphatic heterocycles. The first kappa shape index (κ1) is 16.1. The third-order valence-electron chi connectivity index (χ3n) is 3.47. The van der Waals surface area contributed by atoms with Crippen molar-refractivity contribution in [3.05, 3.63) is 69.5 Å². The molecule has 6 nitrogen and oxygen atoms in total. The van der Waals surface area contributed by atoms with Gasteiger partial charge in [0.15, 0.2) is 0 Å². The van der Waals surface area contributed by atoms with E-state index in [0.717, 1.165) is 5.56 Å². The Balaban J connectivity index is 1.59. The summed E-state index contributed by atoms with van der Waals surface area (Å²) in [5, 5.41) is 8.91. The van der Waals surface area contributed by atoms with Gasteiger partial charge in [-0.2, -0.15) is 0 Å². The molecule has 3 aromatic rings. The van der Waals surface area contributed by atoms with Gasteiger partial charge in [0.05, 0.1) is 18.4 Å². The van der Waals surface area contributed by atoms with Gasteiger partial charge >= 0.3 is 5.97 Å². The lowest BCUT2D eigenvalue weighted by Crippen LogP contribution is -2.25. The number of carbonyl (C=O) groups is 1. The number of ether oxygens (including phenoxy) is 1. The molecule has 3 rings (SSSR count). The largest absolute Gasteiger partial charge is 0.461 e. The van der Waals surface area contributed by atoms with Crippen LogP contribution >= 0.6 is 11.6 Å². The van der Waals surface area contributed by atoms with E-state index in [9.17, 15) is 9.59 Å². The maximum Gasteiger partial charge on any atom is 0.308 e. The van der Waals surface area contributed by atoms with Gasteiger partial charge in [0, 0.05) is 5.02 Å². The van der Waals surface area contributed by atoms with Gasteiger partial charge in [-0.05, 0) is 29.8 Å². The monoisotopic (exact) mass is 343 g/mol. The zero-order valence-corrected chi connectivity index (χ0v) is 13.4. The summed E-state index contributed by atoms with van der Waals surface area (Å²) in [5.74, 6) is -0.410. The van der Waals surface area contributed by atoms with Crippen molar-refractivity contribution >= 4 is 28.5 Å². The molecule has 0 bridgehead atoms. The highest BCUT2D eigenvalue weighted by Gasteiger charge is 2.08. The van der Waals surface area contributed by atoms with Crippen molar-refractivity contribution in [2.75, 3.05) is 0 Å². The summed E-state index contributed by atoms with van der Waals surface area (Å²) in [4.78, 5) is 24.1. The molecule has 0 saturated heterocycles. The Morgan fingerprint density at radius 3 is 2.67 bits per heavy atom. The zero-order valence-electron chi connectivity index (χ0n) is 12.7. The van der Waals surface area contributed by atoms with Crippen LogP contribution < -0.4 is 5.56 Å². The minimum atomic E-state index is -0.410. The Kier molecular flexibility index (Phi) is 4.86. The molecular weight excluding hydrogens is 330 g/mol. The first-order valence-corrected chi connectivity index (χ1v) is 7.74. The first-order valence-electron chi connectivity index (χ1n) is 7.36. The Morgan fingerprint density at radius 2 is 1.88 bits per heavy atom. The zero-order chi connectivity index (χ0) is 16.9. The van der Waals surface area contributed by atoms with Crippen molar-refractivity contribution in [1.29, 1.82) is 0 Å². The molecule has 0 N–H and O–H groups in total. The van der Waals surface area contributed by atoms with Crippen LogP contribution in [0.25, 0.3) is 10.9 Å². The highest BCUT2D eigenvalue weighted by molar-refractivity contribution is 6.30. The molecule has 0 atom stereocenters. The smallest absolute Gasteiger partial charge is 0.308 e. The Morgan fingerprint density at radius 1 is 1.12 bits per heavy atom. The number of benzene rings is 2. The van der Waals surface area contributed by atoms with Gasteiger partial charge < -0.3 is 4.74 Å². The van der Waals surface area contributed by atoms with E-state index in [4.69, 9.17) is 16.3 Å². The number of hydrogen-bond acceptors (Lipinski definition) is 5. The van der Waals surface area contributed by atoms with Crippen LogP contribution in [0.1, 0.15) is 12.0 Å². The van der Waals surface area contributed by atoms with Crippen LogP contribution in [0.5, 0.6) is 0 Å². The Bertz CT molecular complexity index is 922. The van der Waals surface area contributed by atoms with Crippen molar-refractivity contribution in [1.82, 2.24) is 15.0 Å². The number of carbonyl (C=O) groups excluding carboxylic acids is 1. The topological polar surface area (TPSA) is 74.1 Å². The predicted octanol–water partition coefficient (Wildman–Crippen LogP) is 2.58. The van der Waals surface area contributed by atoms with Gasteiger partial charge in [-0.25, -0.2) is 4.68 Å². The van der Waals surface area contributed by atoms with Crippen LogP contribution in [0, 0.1) is 0 Å². The molecule has 7 heteroatoms. The summed E-state index contributed by atoms with van der Waals surface area (Å²) in [6.07, 6.45) is 0.0422.